The number of fused-ring (bicyclic) bond motifs is 7. The Morgan fingerprint density at radius 2 is 2.19 bits per heavy atom. The highest BCUT2D eigenvalue weighted by Gasteiger charge is 2.34. The van der Waals surface area contributed by atoms with Crippen molar-refractivity contribution in [3.63, 3.8) is 0 Å². The minimum Gasteiger partial charge on any atom is -0.259 e. The molecule has 4 heteroatoms. The number of aryl methyl sites for hydroxylation is 2. The maximum atomic E-state index is 8.11. The van der Waals surface area contributed by atoms with Gasteiger partial charge in [-0.3, -0.25) is 4.57 Å². The highest BCUT2D eigenvalue weighted by atomic mass is 15.2. The van der Waals surface area contributed by atoms with E-state index in [4.69, 9.17) is 8.22 Å². The third-order valence-electron chi connectivity index (χ3n) is 4.20. The van der Waals surface area contributed by atoms with Crippen LogP contribution in [0.1, 0.15) is 13.8 Å². The lowest BCUT2D eigenvalue weighted by atomic mass is 10.2. The standard InChI is InChI=1S/C17H15N4/c1-19-13-8-4-3-7-12(13)15-17(19)20(2)16-14-11(10-21(15)16)6-5-9-18-14/h3-9H,10H2,1-2H3/q+1/i1D3,2D3. The maximum Gasteiger partial charge on any atom is 0.269 e. The highest BCUT2D eigenvalue weighted by Crippen LogP contribution is 2.35. The van der Waals surface area contributed by atoms with Crippen LogP contribution in [0.25, 0.3) is 33.6 Å². The molecule has 0 spiro atoms. The molecule has 0 atom stereocenters. The minimum absolute atomic E-state index is 0.169. The van der Waals surface area contributed by atoms with Crippen molar-refractivity contribution in [2.24, 2.45) is 14.0 Å². The van der Waals surface area contributed by atoms with E-state index in [0.717, 1.165) is 14.7 Å². The van der Waals surface area contributed by atoms with Crippen LogP contribution in [0.5, 0.6) is 0 Å². The molecule has 3 aromatic heterocycles. The molecule has 0 saturated heterocycles. The van der Waals surface area contributed by atoms with E-state index in [1.807, 2.05) is 28.8 Å². The fourth-order valence-electron chi connectivity index (χ4n) is 3.33. The molecule has 0 radical (unpaired) electrons. The van der Waals surface area contributed by atoms with Gasteiger partial charge in [0, 0.05) is 11.8 Å². The van der Waals surface area contributed by atoms with Gasteiger partial charge in [0.25, 0.3) is 11.5 Å². The molecule has 5 rings (SSSR count). The number of rotatable bonds is 0. The van der Waals surface area contributed by atoms with Crippen molar-refractivity contribution in [2.45, 2.75) is 6.54 Å². The van der Waals surface area contributed by atoms with E-state index >= 15 is 0 Å². The molecule has 102 valence electrons. The van der Waals surface area contributed by atoms with Crippen LogP contribution in [0.4, 0.5) is 0 Å². The Balaban J connectivity index is 2.07. The first-order valence-electron chi connectivity index (χ1n) is 9.72. The average Bonchev–Trinajstić information content (AvgIpc) is 3.18. The SMILES string of the molecule is [2H]C([2H])([2H])n1c2ccccc2c2c1[n+](C([2H])([2H])[2H])c1n2Cc2cccnc2-1. The second-order valence-corrected chi connectivity index (χ2v) is 5.28. The summed E-state index contributed by atoms with van der Waals surface area (Å²) in [6.07, 6.45) is 1.62. The van der Waals surface area contributed by atoms with Crippen LogP contribution in [0.2, 0.25) is 0 Å². The summed E-state index contributed by atoms with van der Waals surface area (Å²) in [5.74, 6) is 0.416. The van der Waals surface area contributed by atoms with E-state index < -0.39 is 14.0 Å². The first-order chi connectivity index (χ1) is 12.7. The molecular formula is C17H15N4+. The van der Waals surface area contributed by atoms with Crippen LogP contribution in [-0.4, -0.2) is 14.1 Å². The molecule has 1 aromatic carbocycles. The number of benzene rings is 1. The number of imidazole rings is 1. The average molecular weight is 281 g/mol. The lowest BCUT2D eigenvalue weighted by Crippen LogP contribution is -2.31. The molecule has 0 bridgehead atoms. The zero-order chi connectivity index (χ0) is 19.1. The summed E-state index contributed by atoms with van der Waals surface area (Å²) < 4.78 is 52.6. The molecule has 0 N–H and O–H groups in total. The highest BCUT2D eigenvalue weighted by molar-refractivity contribution is 6.04. The van der Waals surface area contributed by atoms with Crippen LogP contribution in [0.15, 0.2) is 42.6 Å². The zero-order valence-corrected chi connectivity index (χ0v) is 11.0. The Bertz CT molecular complexity index is 1230. The Hall–Kier alpha value is -2.62. The van der Waals surface area contributed by atoms with Crippen LogP contribution in [0, 0.1) is 0 Å². The van der Waals surface area contributed by atoms with Crippen molar-refractivity contribution < 1.29 is 12.8 Å². The van der Waals surface area contributed by atoms with Gasteiger partial charge in [-0.25, -0.2) is 14.1 Å². The molecule has 4 heterocycles. The number of para-hydroxylation sites is 1. The van der Waals surface area contributed by atoms with Crippen molar-refractivity contribution in [1.29, 1.82) is 0 Å². The molecule has 21 heavy (non-hydrogen) atoms. The minimum atomic E-state index is -2.56. The predicted octanol–water partition coefficient (Wildman–Crippen LogP) is 2.38. The first-order valence-corrected chi connectivity index (χ1v) is 6.72. The number of hydrogen-bond donors (Lipinski definition) is 0. The quantitative estimate of drug-likeness (QED) is 0.400. The van der Waals surface area contributed by atoms with Gasteiger partial charge in [-0.15, -0.1) is 0 Å². The summed E-state index contributed by atoms with van der Waals surface area (Å²) in [5.41, 5.74) is 2.75. The van der Waals surface area contributed by atoms with Crippen LogP contribution >= 0.6 is 0 Å². The van der Waals surface area contributed by atoms with E-state index in [2.05, 4.69) is 4.98 Å². The van der Waals surface area contributed by atoms with E-state index in [0.29, 0.717) is 34.5 Å². The van der Waals surface area contributed by atoms with E-state index in [-0.39, 0.29) is 5.65 Å². The van der Waals surface area contributed by atoms with Crippen molar-refractivity contribution >= 4 is 22.1 Å². The summed E-state index contributed by atoms with van der Waals surface area (Å²) >= 11 is 0. The number of nitrogens with zero attached hydrogens (tertiary/aromatic N) is 4. The Morgan fingerprint density at radius 1 is 1.24 bits per heavy atom. The predicted molar refractivity (Wildman–Crippen MR) is 81.9 cm³/mol. The molecule has 0 unspecified atom stereocenters. The third kappa shape index (κ3) is 1.17. The molecule has 0 aliphatic carbocycles. The summed E-state index contributed by atoms with van der Waals surface area (Å²) in [6, 6.07) is 10.8. The van der Waals surface area contributed by atoms with Gasteiger partial charge in [-0.1, -0.05) is 18.2 Å². The molecule has 4 aromatic rings. The van der Waals surface area contributed by atoms with Gasteiger partial charge in [-0.05, 0) is 18.2 Å². The molecule has 0 amide bonds. The molecule has 4 nitrogen and oxygen atoms in total. The summed E-state index contributed by atoms with van der Waals surface area (Å²) in [7, 11) is 0. The molecule has 1 aliphatic heterocycles. The van der Waals surface area contributed by atoms with Gasteiger partial charge in [-0.2, -0.15) is 0 Å². The van der Waals surface area contributed by atoms with Gasteiger partial charge in [0.1, 0.15) is 11.2 Å². The van der Waals surface area contributed by atoms with Crippen molar-refractivity contribution in [1.82, 2.24) is 14.1 Å². The third-order valence-corrected chi connectivity index (χ3v) is 4.20. The van der Waals surface area contributed by atoms with Crippen LogP contribution in [0.3, 0.4) is 0 Å². The Morgan fingerprint density at radius 3 is 3.10 bits per heavy atom. The zero-order valence-electron chi connectivity index (χ0n) is 17.0. The fourth-order valence-corrected chi connectivity index (χ4v) is 3.33. The van der Waals surface area contributed by atoms with Gasteiger partial charge >= 0.3 is 0 Å². The van der Waals surface area contributed by atoms with Crippen molar-refractivity contribution in [3.8, 4) is 11.5 Å². The molecule has 0 fully saturated rings. The number of aromatic nitrogens is 4. The molecule has 0 saturated carbocycles. The van der Waals surface area contributed by atoms with Crippen molar-refractivity contribution in [2.75, 3.05) is 0 Å². The smallest absolute Gasteiger partial charge is 0.259 e. The largest absolute Gasteiger partial charge is 0.269 e. The Labute approximate surface area is 130 Å². The molecular weight excluding hydrogens is 260 g/mol. The van der Waals surface area contributed by atoms with Gasteiger partial charge in [0.05, 0.1) is 34.1 Å². The summed E-state index contributed by atoms with van der Waals surface area (Å²) in [4.78, 5) is 4.38. The normalized spacial score (nSPS) is 18.5. The van der Waals surface area contributed by atoms with Gasteiger partial charge in [0.15, 0.2) is 5.52 Å². The monoisotopic (exact) mass is 281 g/mol. The fraction of sp³-hybridized carbons (Fsp3) is 0.176. The first kappa shape index (κ1) is 6.89. The van der Waals surface area contributed by atoms with Gasteiger partial charge < -0.3 is 0 Å². The van der Waals surface area contributed by atoms with E-state index in [9.17, 15) is 0 Å². The van der Waals surface area contributed by atoms with Crippen LogP contribution in [-0.2, 0) is 20.5 Å². The second kappa shape index (κ2) is 3.52. The topological polar surface area (TPSA) is 26.6 Å². The lowest BCUT2D eigenvalue weighted by molar-refractivity contribution is -0.636. The van der Waals surface area contributed by atoms with Crippen LogP contribution < -0.4 is 4.57 Å². The van der Waals surface area contributed by atoms with E-state index in [1.54, 1.807) is 18.3 Å². The summed E-state index contributed by atoms with van der Waals surface area (Å²) in [5, 5.41) is 0.709. The number of pyridine rings is 1. The maximum absolute atomic E-state index is 8.11. The van der Waals surface area contributed by atoms with E-state index in [1.165, 1.54) is 0 Å². The lowest BCUT2D eigenvalue weighted by Gasteiger charge is -1.97. The van der Waals surface area contributed by atoms with Gasteiger partial charge in [0.2, 0.25) is 0 Å². The second-order valence-electron chi connectivity index (χ2n) is 5.28. The summed E-state index contributed by atoms with van der Waals surface area (Å²) in [6.45, 7) is -4.63. The Kier molecular flexibility index (Phi) is 1.16. The molecule has 1 aliphatic rings. The number of hydrogen-bond acceptors (Lipinski definition) is 1. The van der Waals surface area contributed by atoms with Crippen molar-refractivity contribution in [3.05, 3.63) is 48.2 Å².